The highest BCUT2D eigenvalue weighted by Crippen LogP contribution is 2.30. The van der Waals surface area contributed by atoms with Crippen molar-refractivity contribution in [2.75, 3.05) is 19.8 Å². The fraction of sp³-hybridized carbons (Fsp3) is 0.846. The van der Waals surface area contributed by atoms with E-state index < -0.39 is 0 Å². The van der Waals surface area contributed by atoms with Crippen LogP contribution in [0.2, 0.25) is 0 Å². The molecular weight excluding hydrogens is 228 g/mol. The Labute approximate surface area is 109 Å². The molecule has 0 spiro atoms. The zero-order valence-corrected chi connectivity index (χ0v) is 11.6. The van der Waals surface area contributed by atoms with Gasteiger partial charge in [0.15, 0.2) is 0 Å². The summed E-state index contributed by atoms with van der Waals surface area (Å²) in [5, 5.41) is 8.69. The molecule has 0 saturated carbocycles. The Morgan fingerprint density at radius 1 is 1.44 bits per heavy atom. The van der Waals surface area contributed by atoms with Crippen molar-refractivity contribution in [2.45, 2.75) is 45.6 Å². The van der Waals surface area contributed by atoms with E-state index in [2.05, 4.69) is 35.8 Å². The number of nitrogens with zero attached hydrogens (tertiary/aromatic N) is 3. The second kappa shape index (κ2) is 5.80. The molecule has 2 N–H and O–H groups in total. The molecule has 1 aromatic heterocycles. The van der Waals surface area contributed by atoms with Crippen molar-refractivity contribution < 1.29 is 4.74 Å². The maximum atomic E-state index is 5.66. The van der Waals surface area contributed by atoms with Gasteiger partial charge in [0.1, 0.15) is 0 Å². The van der Waals surface area contributed by atoms with Crippen LogP contribution < -0.4 is 5.73 Å². The zero-order chi connectivity index (χ0) is 13.1. The van der Waals surface area contributed by atoms with Crippen LogP contribution in [0.25, 0.3) is 0 Å². The van der Waals surface area contributed by atoms with E-state index in [1.807, 2.05) is 0 Å². The summed E-state index contributed by atoms with van der Waals surface area (Å²) in [7, 11) is 0. The first-order chi connectivity index (χ1) is 8.65. The minimum Gasteiger partial charge on any atom is -0.381 e. The lowest BCUT2D eigenvalue weighted by molar-refractivity contribution is 0.192. The molecule has 5 heteroatoms. The third kappa shape index (κ3) is 2.57. The Kier molecular flexibility index (Phi) is 4.35. The van der Waals surface area contributed by atoms with Crippen LogP contribution in [0.3, 0.4) is 0 Å². The molecule has 2 unspecified atom stereocenters. The van der Waals surface area contributed by atoms with E-state index in [-0.39, 0.29) is 0 Å². The fourth-order valence-corrected chi connectivity index (χ4v) is 2.40. The normalized spacial score (nSPS) is 21.7. The number of nitrogens with two attached hydrogens (primary N) is 1. The SMILES string of the molecule is CC(C)C(C)n1nnc(CCN)c1C1CCOC1. The van der Waals surface area contributed by atoms with E-state index in [1.165, 1.54) is 5.69 Å². The molecule has 1 saturated heterocycles. The largest absolute Gasteiger partial charge is 0.381 e. The van der Waals surface area contributed by atoms with Gasteiger partial charge < -0.3 is 10.5 Å². The van der Waals surface area contributed by atoms with Crippen LogP contribution in [0.1, 0.15) is 50.5 Å². The lowest BCUT2D eigenvalue weighted by atomic mass is 9.99. The van der Waals surface area contributed by atoms with Crippen molar-refractivity contribution in [1.29, 1.82) is 0 Å². The van der Waals surface area contributed by atoms with Gasteiger partial charge in [-0.1, -0.05) is 19.1 Å². The molecule has 5 nitrogen and oxygen atoms in total. The Bertz CT molecular complexity index is 382. The van der Waals surface area contributed by atoms with Crippen molar-refractivity contribution in [3.63, 3.8) is 0 Å². The average molecular weight is 252 g/mol. The van der Waals surface area contributed by atoms with Crippen molar-refractivity contribution in [2.24, 2.45) is 11.7 Å². The molecular formula is C13H24N4O. The maximum absolute atomic E-state index is 5.66. The van der Waals surface area contributed by atoms with Gasteiger partial charge in [0.2, 0.25) is 0 Å². The summed E-state index contributed by atoms with van der Waals surface area (Å²) in [6, 6.07) is 0.361. The average Bonchev–Trinajstić information content (AvgIpc) is 2.96. The molecule has 18 heavy (non-hydrogen) atoms. The first-order valence-electron chi connectivity index (χ1n) is 6.87. The van der Waals surface area contributed by atoms with Gasteiger partial charge >= 0.3 is 0 Å². The quantitative estimate of drug-likeness (QED) is 0.862. The van der Waals surface area contributed by atoms with E-state index in [0.29, 0.717) is 24.4 Å². The summed E-state index contributed by atoms with van der Waals surface area (Å²) in [4.78, 5) is 0. The predicted octanol–water partition coefficient (Wildman–Crippen LogP) is 1.50. The minimum absolute atomic E-state index is 0.361. The van der Waals surface area contributed by atoms with Crippen LogP contribution in [0.15, 0.2) is 0 Å². The van der Waals surface area contributed by atoms with Crippen molar-refractivity contribution in [3.8, 4) is 0 Å². The molecule has 2 heterocycles. The van der Waals surface area contributed by atoms with Gasteiger partial charge in [-0.25, -0.2) is 4.68 Å². The summed E-state index contributed by atoms with van der Waals surface area (Å²) < 4.78 is 7.60. The van der Waals surface area contributed by atoms with Gasteiger partial charge in [0, 0.05) is 18.9 Å². The smallest absolute Gasteiger partial charge is 0.0875 e. The molecule has 0 aromatic carbocycles. The highest BCUT2D eigenvalue weighted by molar-refractivity contribution is 5.18. The molecule has 0 amide bonds. The monoisotopic (exact) mass is 252 g/mol. The summed E-state index contributed by atoms with van der Waals surface area (Å²) >= 11 is 0. The van der Waals surface area contributed by atoms with Crippen LogP contribution in [0, 0.1) is 5.92 Å². The molecule has 102 valence electrons. The standard InChI is InChI=1S/C13H24N4O/c1-9(2)10(3)17-13(11-5-7-18-8-11)12(4-6-14)15-16-17/h9-11H,4-8,14H2,1-3H3. The zero-order valence-electron chi connectivity index (χ0n) is 11.6. The van der Waals surface area contributed by atoms with Crippen LogP contribution >= 0.6 is 0 Å². The van der Waals surface area contributed by atoms with Crippen LogP contribution in [0.5, 0.6) is 0 Å². The highest BCUT2D eigenvalue weighted by Gasteiger charge is 2.28. The lowest BCUT2D eigenvalue weighted by Crippen LogP contribution is -2.19. The third-order valence-corrected chi connectivity index (χ3v) is 3.85. The second-order valence-corrected chi connectivity index (χ2v) is 5.45. The van der Waals surface area contributed by atoms with Gasteiger partial charge in [0.05, 0.1) is 24.0 Å². The van der Waals surface area contributed by atoms with Gasteiger partial charge in [-0.05, 0) is 25.8 Å². The van der Waals surface area contributed by atoms with E-state index in [1.54, 1.807) is 0 Å². The number of rotatable bonds is 5. The number of aromatic nitrogens is 3. The molecule has 1 aliphatic heterocycles. The molecule has 0 radical (unpaired) electrons. The highest BCUT2D eigenvalue weighted by atomic mass is 16.5. The van der Waals surface area contributed by atoms with Gasteiger partial charge in [0.25, 0.3) is 0 Å². The van der Waals surface area contributed by atoms with Gasteiger partial charge in [-0.3, -0.25) is 0 Å². The Morgan fingerprint density at radius 3 is 2.78 bits per heavy atom. The van der Waals surface area contributed by atoms with Crippen molar-refractivity contribution in [1.82, 2.24) is 15.0 Å². The molecule has 0 aliphatic carbocycles. The van der Waals surface area contributed by atoms with Gasteiger partial charge in [-0.15, -0.1) is 5.10 Å². The second-order valence-electron chi connectivity index (χ2n) is 5.45. The Morgan fingerprint density at radius 2 is 2.22 bits per heavy atom. The first-order valence-corrected chi connectivity index (χ1v) is 6.87. The molecule has 1 aliphatic rings. The molecule has 0 bridgehead atoms. The van der Waals surface area contributed by atoms with Crippen LogP contribution in [-0.2, 0) is 11.2 Å². The Balaban J connectivity index is 2.33. The number of hydrogen-bond donors (Lipinski definition) is 1. The van der Waals surface area contributed by atoms with Crippen molar-refractivity contribution >= 4 is 0 Å². The number of ether oxygens (including phenoxy) is 1. The lowest BCUT2D eigenvalue weighted by Gasteiger charge is -2.21. The van der Waals surface area contributed by atoms with Crippen LogP contribution in [0.4, 0.5) is 0 Å². The van der Waals surface area contributed by atoms with Crippen LogP contribution in [-0.4, -0.2) is 34.8 Å². The fourth-order valence-electron chi connectivity index (χ4n) is 2.40. The molecule has 2 atom stereocenters. The van der Waals surface area contributed by atoms with E-state index >= 15 is 0 Å². The number of hydrogen-bond acceptors (Lipinski definition) is 4. The topological polar surface area (TPSA) is 66.0 Å². The van der Waals surface area contributed by atoms with Crippen molar-refractivity contribution in [3.05, 3.63) is 11.4 Å². The van der Waals surface area contributed by atoms with Gasteiger partial charge in [-0.2, -0.15) is 0 Å². The summed E-state index contributed by atoms with van der Waals surface area (Å²) in [6.45, 7) is 8.87. The van der Waals surface area contributed by atoms with E-state index in [0.717, 1.165) is 31.7 Å². The van der Waals surface area contributed by atoms with E-state index in [4.69, 9.17) is 10.5 Å². The summed E-state index contributed by atoms with van der Waals surface area (Å²) in [6.07, 6.45) is 1.87. The third-order valence-electron chi connectivity index (χ3n) is 3.85. The molecule has 1 fully saturated rings. The molecule has 1 aromatic rings. The molecule has 2 rings (SSSR count). The minimum atomic E-state index is 0.361. The maximum Gasteiger partial charge on any atom is 0.0875 e. The summed E-state index contributed by atoms with van der Waals surface area (Å²) in [5.74, 6) is 0.973. The first kappa shape index (κ1) is 13.5. The summed E-state index contributed by atoms with van der Waals surface area (Å²) in [5.41, 5.74) is 7.97. The van der Waals surface area contributed by atoms with E-state index in [9.17, 15) is 0 Å². The Hall–Kier alpha value is -0.940. The predicted molar refractivity (Wildman–Crippen MR) is 70.5 cm³/mol.